The number of sulfonamides is 1. The SMILES string of the molecule is Cc1ccc(S(=O)(=O)N(C)CCC#N)cc1[N+](=O)[O-]. The number of aryl methyl sites for hydroxylation is 1. The summed E-state index contributed by atoms with van der Waals surface area (Å²) in [5, 5.41) is 19.2. The number of nitrogens with zero attached hydrogens (tertiary/aromatic N) is 3. The zero-order chi connectivity index (χ0) is 14.6. The van der Waals surface area contributed by atoms with E-state index in [0.29, 0.717) is 5.56 Å². The van der Waals surface area contributed by atoms with E-state index in [0.717, 1.165) is 10.4 Å². The summed E-state index contributed by atoms with van der Waals surface area (Å²) in [6, 6.07) is 5.59. The molecule has 1 rings (SSSR count). The Morgan fingerprint density at radius 3 is 2.63 bits per heavy atom. The summed E-state index contributed by atoms with van der Waals surface area (Å²) in [7, 11) is -2.47. The van der Waals surface area contributed by atoms with Crippen LogP contribution in [0.1, 0.15) is 12.0 Å². The monoisotopic (exact) mass is 283 g/mol. The summed E-state index contributed by atoms with van der Waals surface area (Å²) in [6.45, 7) is 1.58. The van der Waals surface area contributed by atoms with Gasteiger partial charge in [-0.25, -0.2) is 8.42 Å². The minimum atomic E-state index is -3.81. The van der Waals surface area contributed by atoms with Crippen LogP contribution in [0.15, 0.2) is 23.1 Å². The van der Waals surface area contributed by atoms with Crippen LogP contribution < -0.4 is 0 Å². The van der Waals surface area contributed by atoms with Gasteiger partial charge in [-0.1, -0.05) is 6.07 Å². The fraction of sp³-hybridized carbons (Fsp3) is 0.364. The number of hydrogen-bond acceptors (Lipinski definition) is 5. The molecule has 8 heteroatoms. The highest BCUT2D eigenvalue weighted by atomic mass is 32.2. The zero-order valence-electron chi connectivity index (χ0n) is 10.5. The second kappa shape index (κ2) is 5.77. The number of benzene rings is 1. The van der Waals surface area contributed by atoms with Crippen molar-refractivity contribution in [1.82, 2.24) is 4.31 Å². The molecule has 0 saturated heterocycles. The van der Waals surface area contributed by atoms with Crippen LogP contribution in [-0.4, -0.2) is 31.2 Å². The van der Waals surface area contributed by atoms with Gasteiger partial charge in [0.15, 0.2) is 0 Å². The molecule has 0 aliphatic carbocycles. The highest BCUT2D eigenvalue weighted by molar-refractivity contribution is 7.89. The minimum absolute atomic E-state index is 0.0422. The summed E-state index contributed by atoms with van der Waals surface area (Å²) in [6.07, 6.45) is 0.0592. The molecule has 0 fully saturated rings. The lowest BCUT2D eigenvalue weighted by atomic mass is 10.2. The van der Waals surface area contributed by atoms with E-state index in [-0.39, 0.29) is 23.5 Å². The maximum atomic E-state index is 12.1. The summed E-state index contributed by atoms with van der Waals surface area (Å²) < 4.78 is 25.2. The molecule has 0 unspecified atom stereocenters. The molecule has 0 bridgehead atoms. The van der Waals surface area contributed by atoms with Crippen molar-refractivity contribution >= 4 is 15.7 Å². The van der Waals surface area contributed by atoms with Crippen LogP contribution in [0.3, 0.4) is 0 Å². The van der Waals surface area contributed by atoms with Crippen LogP contribution in [0, 0.1) is 28.4 Å². The Kier molecular flexibility index (Phi) is 4.58. The molecule has 0 saturated carbocycles. The summed E-state index contributed by atoms with van der Waals surface area (Å²) in [5.74, 6) is 0. The lowest BCUT2D eigenvalue weighted by Gasteiger charge is -2.15. The van der Waals surface area contributed by atoms with Gasteiger partial charge in [0.25, 0.3) is 5.69 Å². The molecule has 1 aromatic rings. The molecular formula is C11H13N3O4S. The van der Waals surface area contributed by atoms with Crippen LogP contribution in [0.5, 0.6) is 0 Å². The fourth-order valence-electron chi connectivity index (χ4n) is 1.45. The lowest BCUT2D eigenvalue weighted by molar-refractivity contribution is -0.385. The maximum Gasteiger partial charge on any atom is 0.273 e. The van der Waals surface area contributed by atoms with Crippen LogP contribution in [0.25, 0.3) is 0 Å². The van der Waals surface area contributed by atoms with Crippen molar-refractivity contribution in [3.8, 4) is 6.07 Å². The van der Waals surface area contributed by atoms with Crippen molar-refractivity contribution < 1.29 is 13.3 Å². The minimum Gasteiger partial charge on any atom is -0.258 e. The van der Waals surface area contributed by atoms with Gasteiger partial charge in [-0.05, 0) is 13.0 Å². The Hall–Kier alpha value is -1.98. The predicted octanol–water partition coefficient (Wildman–Crippen LogP) is 1.44. The third-order valence-electron chi connectivity index (χ3n) is 2.62. The van der Waals surface area contributed by atoms with Crippen molar-refractivity contribution in [3.63, 3.8) is 0 Å². The molecule has 7 nitrogen and oxygen atoms in total. The standard InChI is InChI=1S/C11H13N3O4S/c1-9-4-5-10(8-11(9)14(15)16)19(17,18)13(2)7-3-6-12/h4-5,8H,3,7H2,1-2H3. The van der Waals surface area contributed by atoms with Gasteiger partial charge in [0.2, 0.25) is 10.0 Å². The Morgan fingerprint density at radius 1 is 1.47 bits per heavy atom. The van der Waals surface area contributed by atoms with Crippen molar-refractivity contribution in [2.45, 2.75) is 18.2 Å². The number of nitriles is 1. The van der Waals surface area contributed by atoms with Crippen LogP contribution in [0.4, 0.5) is 5.69 Å². The predicted molar refractivity (Wildman–Crippen MR) is 67.9 cm³/mol. The molecule has 0 amide bonds. The van der Waals surface area contributed by atoms with E-state index in [1.165, 1.54) is 26.1 Å². The highest BCUT2D eigenvalue weighted by Gasteiger charge is 2.23. The van der Waals surface area contributed by atoms with Crippen LogP contribution in [0.2, 0.25) is 0 Å². The Bertz CT molecular complexity index is 634. The van der Waals surface area contributed by atoms with E-state index in [4.69, 9.17) is 5.26 Å². The number of hydrogen-bond donors (Lipinski definition) is 0. The second-order valence-electron chi connectivity index (χ2n) is 3.94. The second-order valence-corrected chi connectivity index (χ2v) is 5.98. The molecule has 0 radical (unpaired) electrons. The van der Waals surface area contributed by atoms with Gasteiger partial charge < -0.3 is 0 Å². The first-order valence-corrected chi connectivity index (χ1v) is 6.83. The van der Waals surface area contributed by atoms with Crippen molar-refractivity contribution in [2.75, 3.05) is 13.6 Å². The first-order valence-electron chi connectivity index (χ1n) is 5.39. The van der Waals surface area contributed by atoms with Gasteiger partial charge in [-0.15, -0.1) is 0 Å². The molecule has 102 valence electrons. The summed E-state index contributed by atoms with van der Waals surface area (Å²) in [4.78, 5) is 10.0. The molecule has 19 heavy (non-hydrogen) atoms. The van der Waals surface area contributed by atoms with E-state index >= 15 is 0 Å². The Balaban J connectivity index is 3.19. The van der Waals surface area contributed by atoms with Gasteiger partial charge in [0, 0.05) is 31.6 Å². The van der Waals surface area contributed by atoms with Gasteiger partial charge in [0.1, 0.15) is 0 Å². The molecule has 0 aliphatic rings. The zero-order valence-corrected chi connectivity index (χ0v) is 11.3. The fourth-order valence-corrected chi connectivity index (χ4v) is 2.65. The van der Waals surface area contributed by atoms with Gasteiger partial charge >= 0.3 is 0 Å². The molecule has 0 N–H and O–H groups in total. The normalized spacial score (nSPS) is 11.3. The number of nitro groups is 1. The highest BCUT2D eigenvalue weighted by Crippen LogP contribution is 2.23. The van der Waals surface area contributed by atoms with Gasteiger partial charge in [0.05, 0.1) is 15.9 Å². The molecular weight excluding hydrogens is 270 g/mol. The number of nitro benzene ring substituents is 1. The van der Waals surface area contributed by atoms with Crippen molar-refractivity contribution in [3.05, 3.63) is 33.9 Å². The van der Waals surface area contributed by atoms with Crippen molar-refractivity contribution in [1.29, 1.82) is 5.26 Å². The molecule has 0 atom stereocenters. The van der Waals surface area contributed by atoms with E-state index in [9.17, 15) is 18.5 Å². The summed E-state index contributed by atoms with van der Waals surface area (Å²) in [5.41, 5.74) is 0.151. The van der Waals surface area contributed by atoms with Crippen LogP contribution in [-0.2, 0) is 10.0 Å². The summed E-state index contributed by atoms with van der Waals surface area (Å²) >= 11 is 0. The van der Waals surface area contributed by atoms with Crippen LogP contribution >= 0.6 is 0 Å². The van der Waals surface area contributed by atoms with E-state index in [2.05, 4.69) is 0 Å². The van der Waals surface area contributed by atoms with Gasteiger partial charge in [-0.2, -0.15) is 9.57 Å². The quantitative estimate of drug-likeness (QED) is 0.600. The first-order chi connectivity index (χ1) is 8.80. The first kappa shape index (κ1) is 15.1. The Labute approximate surface area is 111 Å². The molecule has 0 aliphatic heterocycles. The maximum absolute atomic E-state index is 12.1. The molecule has 1 aromatic carbocycles. The number of rotatable bonds is 5. The smallest absolute Gasteiger partial charge is 0.258 e. The topological polar surface area (TPSA) is 104 Å². The third kappa shape index (κ3) is 3.27. The molecule has 0 aromatic heterocycles. The third-order valence-corrected chi connectivity index (χ3v) is 4.48. The van der Waals surface area contributed by atoms with E-state index in [1.54, 1.807) is 0 Å². The largest absolute Gasteiger partial charge is 0.273 e. The van der Waals surface area contributed by atoms with E-state index < -0.39 is 14.9 Å². The average molecular weight is 283 g/mol. The lowest BCUT2D eigenvalue weighted by Crippen LogP contribution is -2.27. The Morgan fingerprint density at radius 2 is 2.11 bits per heavy atom. The van der Waals surface area contributed by atoms with Crippen molar-refractivity contribution in [2.24, 2.45) is 0 Å². The average Bonchev–Trinajstić information content (AvgIpc) is 2.35. The molecule has 0 spiro atoms. The molecule has 0 heterocycles. The van der Waals surface area contributed by atoms with E-state index in [1.807, 2.05) is 6.07 Å². The van der Waals surface area contributed by atoms with Gasteiger partial charge in [-0.3, -0.25) is 10.1 Å².